The number of rotatable bonds is 2. The topological polar surface area (TPSA) is 36.7 Å². The molecular weight excluding hydrogens is 289 g/mol. The van der Waals surface area contributed by atoms with E-state index in [1.807, 2.05) is 6.07 Å². The van der Waals surface area contributed by atoms with Crippen LogP contribution in [0.25, 0.3) is 0 Å². The Balaban J connectivity index is 2.44. The molecule has 1 heterocycles. The van der Waals surface area contributed by atoms with Gasteiger partial charge in [-0.2, -0.15) is 18.4 Å². The molecule has 0 fully saturated rings. The highest BCUT2D eigenvalue weighted by Crippen LogP contribution is 2.35. The van der Waals surface area contributed by atoms with E-state index in [0.29, 0.717) is 5.56 Å². The summed E-state index contributed by atoms with van der Waals surface area (Å²) < 4.78 is 37.8. The summed E-state index contributed by atoms with van der Waals surface area (Å²) in [5.74, 6) is -0.754. The lowest BCUT2D eigenvalue weighted by molar-refractivity contribution is -0.137. The average Bonchev–Trinajstić information content (AvgIpc) is 2.39. The Morgan fingerprint density at radius 3 is 2.25 bits per heavy atom. The number of alkyl halides is 3. The van der Waals surface area contributed by atoms with E-state index in [4.69, 9.17) is 11.6 Å². The Morgan fingerprint density at radius 2 is 1.75 bits per heavy atom. The third kappa shape index (κ3) is 2.91. The number of pyridine rings is 1. The quantitative estimate of drug-likeness (QED) is 0.770. The van der Waals surface area contributed by atoms with Crippen LogP contribution in [-0.2, 0) is 6.18 Å². The summed E-state index contributed by atoms with van der Waals surface area (Å²) in [7, 11) is 0. The van der Waals surface area contributed by atoms with Crippen LogP contribution in [-0.4, -0.2) is 4.98 Å². The van der Waals surface area contributed by atoms with Gasteiger partial charge in [0.1, 0.15) is 11.1 Å². The second-order valence-electron chi connectivity index (χ2n) is 4.05. The number of nitrogens with zero attached hydrogens (tertiary/aromatic N) is 2. The molecule has 0 aliphatic carbocycles. The van der Waals surface area contributed by atoms with E-state index in [0.717, 1.165) is 6.07 Å². The van der Waals surface area contributed by atoms with Crippen LogP contribution >= 0.6 is 11.6 Å². The number of hydrogen-bond donors (Lipinski definition) is 0. The molecule has 2 aromatic rings. The fourth-order valence-electron chi connectivity index (χ4n) is 1.78. The van der Waals surface area contributed by atoms with Crippen molar-refractivity contribution in [1.82, 2.24) is 4.98 Å². The van der Waals surface area contributed by atoms with Crippen LogP contribution < -0.4 is 0 Å². The summed E-state index contributed by atoms with van der Waals surface area (Å²) in [5.41, 5.74) is -0.164. The van der Waals surface area contributed by atoms with Crippen LogP contribution in [0.2, 0.25) is 5.15 Å². The second-order valence-corrected chi connectivity index (χ2v) is 4.40. The minimum atomic E-state index is -4.56. The SMILES string of the molecule is N#CC(c1ccccc1)c1ccc(C(F)(F)F)c(Cl)n1. The van der Waals surface area contributed by atoms with Crippen molar-refractivity contribution < 1.29 is 13.2 Å². The summed E-state index contributed by atoms with van der Waals surface area (Å²) in [6.45, 7) is 0. The molecule has 2 rings (SSSR count). The molecule has 0 aliphatic rings. The van der Waals surface area contributed by atoms with Gasteiger partial charge in [0.15, 0.2) is 0 Å². The molecule has 0 radical (unpaired) electrons. The highest BCUT2D eigenvalue weighted by Gasteiger charge is 2.34. The molecule has 102 valence electrons. The van der Waals surface area contributed by atoms with Crippen molar-refractivity contribution in [3.05, 3.63) is 64.4 Å². The molecule has 20 heavy (non-hydrogen) atoms. The van der Waals surface area contributed by atoms with Gasteiger partial charge >= 0.3 is 6.18 Å². The minimum Gasteiger partial charge on any atom is -0.239 e. The zero-order chi connectivity index (χ0) is 14.8. The van der Waals surface area contributed by atoms with Gasteiger partial charge in [0.05, 0.1) is 17.3 Å². The van der Waals surface area contributed by atoms with E-state index < -0.39 is 22.8 Å². The number of halogens is 4. The van der Waals surface area contributed by atoms with Crippen molar-refractivity contribution in [3.8, 4) is 6.07 Å². The van der Waals surface area contributed by atoms with Gasteiger partial charge in [-0.3, -0.25) is 0 Å². The number of hydrogen-bond acceptors (Lipinski definition) is 2. The van der Waals surface area contributed by atoms with E-state index in [1.54, 1.807) is 30.3 Å². The molecule has 0 bridgehead atoms. The fraction of sp³-hybridized carbons (Fsp3) is 0.143. The lowest BCUT2D eigenvalue weighted by Gasteiger charge is -2.12. The normalized spacial score (nSPS) is 12.8. The molecule has 0 saturated carbocycles. The lowest BCUT2D eigenvalue weighted by atomic mass is 9.96. The van der Waals surface area contributed by atoms with Crippen molar-refractivity contribution in [2.45, 2.75) is 12.1 Å². The maximum atomic E-state index is 12.6. The smallest absolute Gasteiger partial charge is 0.239 e. The monoisotopic (exact) mass is 296 g/mol. The standard InChI is InChI=1S/C14H8ClF3N2/c15-13-11(14(16,17)18)6-7-12(20-13)10(8-19)9-4-2-1-3-5-9/h1-7,10H. The van der Waals surface area contributed by atoms with Crippen molar-refractivity contribution in [3.63, 3.8) is 0 Å². The maximum Gasteiger partial charge on any atom is 0.419 e. The first-order valence-corrected chi connectivity index (χ1v) is 5.99. The van der Waals surface area contributed by atoms with Crippen LogP contribution in [0.1, 0.15) is 22.7 Å². The van der Waals surface area contributed by atoms with Gasteiger partial charge in [0.2, 0.25) is 0 Å². The molecule has 1 unspecified atom stereocenters. The van der Waals surface area contributed by atoms with Gasteiger partial charge in [0, 0.05) is 0 Å². The number of benzene rings is 1. The molecule has 0 N–H and O–H groups in total. The van der Waals surface area contributed by atoms with Crippen molar-refractivity contribution in [2.75, 3.05) is 0 Å². The van der Waals surface area contributed by atoms with Gasteiger partial charge in [-0.25, -0.2) is 4.98 Å². The highest BCUT2D eigenvalue weighted by atomic mass is 35.5. The Morgan fingerprint density at radius 1 is 1.10 bits per heavy atom. The molecule has 1 atom stereocenters. The van der Waals surface area contributed by atoms with Crippen LogP contribution in [0.15, 0.2) is 42.5 Å². The zero-order valence-corrected chi connectivity index (χ0v) is 10.8. The number of nitriles is 1. The van der Waals surface area contributed by atoms with E-state index in [9.17, 15) is 18.4 Å². The van der Waals surface area contributed by atoms with Crippen molar-refractivity contribution >= 4 is 11.6 Å². The van der Waals surface area contributed by atoms with Crippen LogP contribution in [0.4, 0.5) is 13.2 Å². The largest absolute Gasteiger partial charge is 0.419 e. The Hall–Kier alpha value is -2.06. The summed E-state index contributed by atoms with van der Waals surface area (Å²) in [5, 5.41) is 8.55. The molecule has 6 heteroatoms. The number of aromatic nitrogens is 1. The van der Waals surface area contributed by atoms with E-state index in [1.165, 1.54) is 6.07 Å². The van der Waals surface area contributed by atoms with Crippen molar-refractivity contribution in [2.24, 2.45) is 0 Å². The fourth-order valence-corrected chi connectivity index (χ4v) is 2.05. The Labute approximate surface area is 118 Å². The summed E-state index contributed by atoms with van der Waals surface area (Å²) in [4.78, 5) is 3.71. The van der Waals surface area contributed by atoms with Crippen LogP contribution in [0.3, 0.4) is 0 Å². The second kappa shape index (κ2) is 5.51. The summed E-state index contributed by atoms with van der Waals surface area (Å²) in [6, 6.07) is 12.7. The molecule has 0 spiro atoms. The third-order valence-electron chi connectivity index (χ3n) is 2.73. The molecule has 0 saturated heterocycles. The molecule has 2 nitrogen and oxygen atoms in total. The molecule has 0 aliphatic heterocycles. The third-order valence-corrected chi connectivity index (χ3v) is 3.02. The van der Waals surface area contributed by atoms with Crippen LogP contribution in [0, 0.1) is 11.3 Å². The maximum absolute atomic E-state index is 12.6. The minimum absolute atomic E-state index is 0.191. The van der Waals surface area contributed by atoms with Gasteiger partial charge in [-0.15, -0.1) is 0 Å². The Bertz CT molecular complexity index is 648. The van der Waals surface area contributed by atoms with Gasteiger partial charge in [0.25, 0.3) is 0 Å². The average molecular weight is 297 g/mol. The molecule has 0 amide bonds. The summed E-state index contributed by atoms with van der Waals surface area (Å²) >= 11 is 5.56. The summed E-state index contributed by atoms with van der Waals surface area (Å²) in [6.07, 6.45) is -4.56. The van der Waals surface area contributed by atoms with Crippen molar-refractivity contribution in [1.29, 1.82) is 5.26 Å². The predicted octanol–water partition coefficient (Wildman–Crippen LogP) is 4.41. The highest BCUT2D eigenvalue weighted by molar-refractivity contribution is 6.30. The zero-order valence-electron chi connectivity index (χ0n) is 10.0. The van der Waals surface area contributed by atoms with Gasteiger partial charge in [-0.05, 0) is 17.7 Å². The van der Waals surface area contributed by atoms with E-state index >= 15 is 0 Å². The predicted molar refractivity (Wildman–Crippen MR) is 68.1 cm³/mol. The molecule has 1 aromatic carbocycles. The first kappa shape index (κ1) is 14.4. The van der Waals surface area contributed by atoms with Gasteiger partial charge in [-0.1, -0.05) is 41.9 Å². The van der Waals surface area contributed by atoms with Gasteiger partial charge < -0.3 is 0 Å². The lowest BCUT2D eigenvalue weighted by Crippen LogP contribution is -2.09. The van der Waals surface area contributed by atoms with E-state index in [-0.39, 0.29) is 5.69 Å². The first-order chi connectivity index (χ1) is 9.43. The van der Waals surface area contributed by atoms with E-state index in [2.05, 4.69) is 4.98 Å². The molecular formula is C14H8ClF3N2. The van der Waals surface area contributed by atoms with Crippen LogP contribution in [0.5, 0.6) is 0 Å². The molecule has 1 aromatic heterocycles. The Kier molecular flexibility index (Phi) is 3.96. The first-order valence-electron chi connectivity index (χ1n) is 5.61.